The third-order valence-electron chi connectivity index (χ3n) is 3.37. The smallest absolute Gasteiger partial charge is 0.363 e. The van der Waals surface area contributed by atoms with Crippen molar-refractivity contribution in [3.63, 3.8) is 0 Å². The highest BCUT2D eigenvalue weighted by atomic mass is 16.6. The summed E-state index contributed by atoms with van der Waals surface area (Å²) in [6, 6.07) is 5.41. The fourth-order valence-corrected chi connectivity index (χ4v) is 2.20. The summed E-state index contributed by atoms with van der Waals surface area (Å²) in [6.45, 7) is 0. The first-order valence-electron chi connectivity index (χ1n) is 6.67. The summed E-state index contributed by atoms with van der Waals surface area (Å²) in [4.78, 5) is 37.0. The van der Waals surface area contributed by atoms with Gasteiger partial charge in [-0.15, -0.1) is 0 Å². The van der Waals surface area contributed by atoms with E-state index in [4.69, 9.17) is 9.52 Å². The molecule has 1 aromatic heterocycles. The molecule has 0 amide bonds. The van der Waals surface area contributed by atoms with E-state index in [2.05, 4.69) is 4.98 Å². The van der Waals surface area contributed by atoms with Gasteiger partial charge < -0.3 is 19.7 Å². The van der Waals surface area contributed by atoms with E-state index >= 15 is 0 Å². The molecule has 0 aliphatic heterocycles. The largest absolute Gasteiger partial charge is 0.504 e. The van der Waals surface area contributed by atoms with Crippen LogP contribution in [0.15, 0.2) is 39.5 Å². The highest BCUT2D eigenvalue weighted by molar-refractivity contribution is 5.92. The average Bonchev–Trinajstić information content (AvgIpc) is 2.55. The van der Waals surface area contributed by atoms with Crippen molar-refractivity contribution in [2.45, 2.75) is 0 Å². The molecule has 0 aliphatic rings. The summed E-state index contributed by atoms with van der Waals surface area (Å²) in [7, 11) is 0. The van der Waals surface area contributed by atoms with Gasteiger partial charge in [0.1, 0.15) is 5.52 Å². The zero-order valence-corrected chi connectivity index (χ0v) is 12.2. The van der Waals surface area contributed by atoms with E-state index in [0.717, 1.165) is 12.1 Å². The molecule has 3 rings (SSSR count). The zero-order valence-electron chi connectivity index (χ0n) is 12.2. The van der Waals surface area contributed by atoms with E-state index < -0.39 is 33.7 Å². The number of nitro groups is 1. The average molecular weight is 344 g/mol. The highest BCUT2D eigenvalue weighted by Gasteiger charge is 2.22. The van der Waals surface area contributed by atoms with Crippen molar-refractivity contribution < 1.29 is 29.5 Å². The number of benzene rings is 2. The number of carboxylic acids is 1. The van der Waals surface area contributed by atoms with Gasteiger partial charge in [0.15, 0.2) is 17.0 Å². The molecule has 0 radical (unpaired) electrons. The Morgan fingerprint density at radius 3 is 2.56 bits per heavy atom. The fourth-order valence-electron chi connectivity index (χ4n) is 2.20. The van der Waals surface area contributed by atoms with Gasteiger partial charge in [-0.1, -0.05) is 0 Å². The molecule has 0 aliphatic carbocycles. The van der Waals surface area contributed by atoms with Crippen molar-refractivity contribution in [2.75, 3.05) is 0 Å². The molecule has 2 aromatic carbocycles. The number of aromatic nitrogens is 1. The van der Waals surface area contributed by atoms with Crippen LogP contribution < -0.4 is 5.63 Å². The van der Waals surface area contributed by atoms with Crippen molar-refractivity contribution >= 4 is 22.8 Å². The van der Waals surface area contributed by atoms with Crippen molar-refractivity contribution in [1.82, 2.24) is 4.98 Å². The molecule has 0 saturated carbocycles. The van der Waals surface area contributed by atoms with Gasteiger partial charge >= 0.3 is 17.3 Å². The Hall–Kier alpha value is -3.95. The van der Waals surface area contributed by atoms with Crippen LogP contribution in [0.2, 0.25) is 0 Å². The molecule has 0 bridgehead atoms. The Kier molecular flexibility index (Phi) is 3.57. The predicted molar refractivity (Wildman–Crippen MR) is 82.7 cm³/mol. The maximum absolute atomic E-state index is 12.1. The first kappa shape index (κ1) is 15.9. The maximum atomic E-state index is 12.1. The monoisotopic (exact) mass is 344 g/mol. The summed E-state index contributed by atoms with van der Waals surface area (Å²) >= 11 is 0. The third kappa shape index (κ3) is 2.72. The number of phenolic OH excluding ortho intramolecular Hbond substituents is 2. The van der Waals surface area contributed by atoms with Gasteiger partial charge in [0.25, 0.3) is 0 Å². The van der Waals surface area contributed by atoms with E-state index in [-0.39, 0.29) is 27.9 Å². The number of fused-ring (bicyclic) bond motifs is 1. The Morgan fingerprint density at radius 2 is 1.92 bits per heavy atom. The van der Waals surface area contributed by atoms with Crippen LogP contribution in [0, 0.1) is 10.1 Å². The summed E-state index contributed by atoms with van der Waals surface area (Å²) in [5.74, 6) is -2.98. The predicted octanol–water partition coefficient (Wildman–Crippen LogP) is 1.87. The first-order chi connectivity index (χ1) is 11.8. The standard InChI is InChI=1S/C15H8N2O8/c18-10-5-7(4-9(13(10)19)17(23)24)12-15(22)25-11-2-1-6(14(20)21)3-8(11)16-12/h1-5,18-19H,(H,20,21). The lowest BCUT2D eigenvalue weighted by Crippen LogP contribution is -2.07. The fraction of sp³-hybridized carbons (Fsp3) is 0. The van der Waals surface area contributed by atoms with Gasteiger partial charge in [-0.25, -0.2) is 14.6 Å². The van der Waals surface area contributed by atoms with E-state index in [9.17, 15) is 29.9 Å². The Labute approximate surface area is 137 Å². The van der Waals surface area contributed by atoms with Crippen molar-refractivity contribution in [2.24, 2.45) is 0 Å². The number of aromatic carboxylic acids is 1. The van der Waals surface area contributed by atoms with Crippen LogP contribution in [-0.2, 0) is 0 Å². The van der Waals surface area contributed by atoms with Crippen molar-refractivity contribution in [3.05, 3.63) is 56.4 Å². The minimum atomic E-state index is -1.21. The number of rotatable bonds is 3. The van der Waals surface area contributed by atoms with E-state index in [1.54, 1.807) is 0 Å². The van der Waals surface area contributed by atoms with Gasteiger partial charge in [-0.3, -0.25) is 10.1 Å². The van der Waals surface area contributed by atoms with Crippen molar-refractivity contribution in [3.8, 4) is 22.8 Å². The number of carboxylic acid groups (broad SMARTS) is 1. The van der Waals surface area contributed by atoms with Crippen LogP contribution in [0.5, 0.6) is 11.5 Å². The molecule has 0 spiro atoms. The van der Waals surface area contributed by atoms with E-state index in [0.29, 0.717) is 0 Å². The van der Waals surface area contributed by atoms with Gasteiger partial charge in [0.2, 0.25) is 5.75 Å². The van der Waals surface area contributed by atoms with Gasteiger partial charge in [0, 0.05) is 11.6 Å². The zero-order chi connectivity index (χ0) is 18.3. The van der Waals surface area contributed by atoms with Gasteiger partial charge in [0.05, 0.1) is 10.5 Å². The minimum absolute atomic E-state index is 0.0243. The quantitative estimate of drug-likeness (QED) is 0.365. The molecule has 0 saturated heterocycles. The number of nitro benzene ring substituents is 1. The molecule has 3 aromatic rings. The third-order valence-corrected chi connectivity index (χ3v) is 3.37. The Morgan fingerprint density at radius 1 is 1.20 bits per heavy atom. The molecule has 10 nitrogen and oxygen atoms in total. The molecule has 25 heavy (non-hydrogen) atoms. The second kappa shape index (κ2) is 5.60. The lowest BCUT2D eigenvalue weighted by Gasteiger charge is -2.05. The number of hydrogen-bond acceptors (Lipinski definition) is 8. The molecule has 3 N–H and O–H groups in total. The number of phenols is 2. The number of aromatic hydroxyl groups is 2. The first-order valence-corrected chi connectivity index (χ1v) is 6.67. The molecular weight excluding hydrogens is 336 g/mol. The van der Waals surface area contributed by atoms with Gasteiger partial charge in [-0.2, -0.15) is 0 Å². The lowest BCUT2D eigenvalue weighted by molar-refractivity contribution is -0.385. The molecule has 0 atom stereocenters. The highest BCUT2D eigenvalue weighted by Crippen LogP contribution is 2.38. The Bertz CT molecular complexity index is 1100. The Balaban J connectivity index is 2.28. The van der Waals surface area contributed by atoms with Crippen LogP contribution in [0.4, 0.5) is 5.69 Å². The second-order valence-electron chi connectivity index (χ2n) is 4.96. The molecule has 0 fully saturated rings. The summed E-state index contributed by atoms with van der Waals surface area (Å²) in [5, 5.41) is 39.0. The van der Waals surface area contributed by atoms with Crippen molar-refractivity contribution in [1.29, 1.82) is 0 Å². The second-order valence-corrected chi connectivity index (χ2v) is 4.96. The molecular formula is C15H8N2O8. The van der Waals surface area contributed by atoms with Crippen LogP contribution in [0.3, 0.4) is 0 Å². The summed E-state index contributed by atoms with van der Waals surface area (Å²) in [5.41, 5.74) is -2.36. The minimum Gasteiger partial charge on any atom is -0.504 e. The van der Waals surface area contributed by atoms with E-state index in [1.807, 2.05) is 0 Å². The van der Waals surface area contributed by atoms with Crippen LogP contribution >= 0.6 is 0 Å². The molecule has 1 heterocycles. The summed E-state index contributed by atoms with van der Waals surface area (Å²) < 4.78 is 5.03. The normalized spacial score (nSPS) is 10.7. The van der Waals surface area contributed by atoms with Crippen LogP contribution in [0.1, 0.15) is 10.4 Å². The molecule has 10 heteroatoms. The van der Waals surface area contributed by atoms with Gasteiger partial charge in [-0.05, 0) is 24.3 Å². The molecule has 0 unspecified atom stereocenters. The summed E-state index contributed by atoms with van der Waals surface area (Å²) in [6.07, 6.45) is 0. The van der Waals surface area contributed by atoms with Crippen LogP contribution in [-0.4, -0.2) is 31.2 Å². The topological polar surface area (TPSA) is 164 Å². The number of nitrogens with zero attached hydrogens (tertiary/aromatic N) is 2. The number of carbonyl (C=O) groups is 1. The number of hydrogen-bond donors (Lipinski definition) is 3. The molecule has 126 valence electrons. The maximum Gasteiger partial charge on any atom is 0.363 e. The SMILES string of the molecule is O=C(O)c1ccc2oc(=O)c(-c3cc(O)c(O)c([N+](=O)[O-])c3)nc2c1. The van der Waals surface area contributed by atoms with Crippen LogP contribution in [0.25, 0.3) is 22.4 Å². The lowest BCUT2D eigenvalue weighted by atomic mass is 10.1. The van der Waals surface area contributed by atoms with E-state index in [1.165, 1.54) is 18.2 Å².